The zero-order valence-electron chi connectivity index (χ0n) is 9.63. The second-order valence-corrected chi connectivity index (χ2v) is 4.85. The van der Waals surface area contributed by atoms with Crippen LogP contribution < -0.4 is 9.47 Å². The lowest BCUT2D eigenvalue weighted by atomic mass is 9.93. The van der Waals surface area contributed by atoms with Crippen molar-refractivity contribution in [3.05, 3.63) is 22.2 Å². The van der Waals surface area contributed by atoms with E-state index in [9.17, 15) is 5.11 Å². The molecule has 0 unspecified atom stereocenters. The Balaban J connectivity index is 2.63. The van der Waals surface area contributed by atoms with Gasteiger partial charge in [-0.2, -0.15) is 0 Å². The van der Waals surface area contributed by atoms with Crippen LogP contribution in [0.4, 0.5) is 0 Å². The molecule has 16 heavy (non-hydrogen) atoms. The summed E-state index contributed by atoms with van der Waals surface area (Å²) in [7, 11) is 0. The Hall–Kier alpha value is -0.930. The van der Waals surface area contributed by atoms with E-state index < -0.39 is 5.60 Å². The molecule has 0 amide bonds. The van der Waals surface area contributed by atoms with E-state index in [1.54, 1.807) is 19.9 Å². The summed E-state index contributed by atoms with van der Waals surface area (Å²) in [5.74, 6) is 1.23. The molecular weight excluding hydrogens is 228 g/mol. The van der Waals surface area contributed by atoms with E-state index in [-0.39, 0.29) is 0 Å². The maximum atomic E-state index is 10.0. The summed E-state index contributed by atoms with van der Waals surface area (Å²) < 4.78 is 11.0. The van der Waals surface area contributed by atoms with E-state index in [1.807, 2.05) is 6.92 Å². The lowest BCUT2D eigenvalue weighted by molar-refractivity contribution is 0.0768. The van der Waals surface area contributed by atoms with Gasteiger partial charge in [0.05, 0.1) is 10.6 Å². The summed E-state index contributed by atoms with van der Waals surface area (Å²) in [5.41, 5.74) is 0.706. The highest BCUT2D eigenvalue weighted by molar-refractivity contribution is 6.32. The average Bonchev–Trinajstić information content (AvgIpc) is 2.22. The van der Waals surface area contributed by atoms with E-state index in [1.165, 1.54) is 0 Å². The first-order valence-electron chi connectivity index (χ1n) is 5.23. The normalized spacial score (nSPS) is 15.1. The van der Waals surface area contributed by atoms with Crippen molar-refractivity contribution in [2.75, 3.05) is 13.2 Å². The van der Waals surface area contributed by atoms with Gasteiger partial charge in [-0.3, -0.25) is 0 Å². The summed E-state index contributed by atoms with van der Waals surface area (Å²) in [6, 6.07) is 1.74. The third kappa shape index (κ3) is 1.85. The Kier molecular flexibility index (Phi) is 2.76. The van der Waals surface area contributed by atoms with Gasteiger partial charge < -0.3 is 14.6 Å². The summed E-state index contributed by atoms with van der Waals surface area (Å²) in [6.07, 6.45) is 0. The molecule has 88 valence electrons. The van der Waals surface area contributed by atoms with Gasteiger partial charge in [-0.15, -0.1) is 0 Å². The van der Waals surface area contributed by atoms with Crippen molar-refractivity contribution >= 4 is 11.6 Å². The predicted molar refractivity (Wildman–Crippen MR) is 62.4 cm³/mol. The van der Waals surface area contributed by atoms with Crippen LogP contribution in [0, 0.1) is 6.92 Å². The van der Waals surface area contributed by atoms with Gasteiger partial charge >= 0.3 is 0 Å². The Morgan fingerprint density at radius 3 is 2.38 bits per heavy atom. The van der Waals surface area contributed by atoms with Crippen LogP contribution in [0.5, 0.6) is 11.5 Å². The van der Waals surface area contributed by atoms with E-state index in [0.717, 1.165) is 11.1 Å². The van der Waals surface area contributed by atoms with E-state index in [2.05, 4.69) is 0 Å². The second-order valence-electron chi connectivity index (χ2n) is 4.45. The van der Waals surface area contributed by atoms with Crippen LogP contribution >= 0.6 is 11.6 Å². The van der Waals surface area contributed by atoms with Gasteiger partial charge in [-0.1, -0.05) is 11.6 Å². The number of rotatable bonds is 1. The third-order valence-corrected chi connectivity index (χ3v) is 2.95. The maximum absolute atomic E-state index is 10.0. The summed E-state index contributed by atoms with van der Waals surface area (Å²) in [6.45, 7) is 6.37. The molecular formula is C12H15ClO3. The molecule has 3 nitrogen and oxygen atoms in total. The average molecular weight is 243 g/mol. The largest absolute Gasteiger partial charge is 0.486 e. The number of hydrogen-bond acceptors (Lipinski definition) is 3. The SMILES string of the molecule is Cc1c(C(C)(C)O)cc(Cl)c2c1OCCO2. The van der Waals surface area contributed by atoms with Crippen molar-refractivity contribution in [3.8, 4) is 11.5 Å². The lowest BCUT2D eigenvalue weighted by Gasteiger charge is -2.27. The number of benzene rings is 1. The van der Waals surface area contributed by atoms with Crippen molar-refractivity contribution in [1.29, 1.82) is 0 Å². The Morgan fingerprint density at radius 2 is 1.81 bits per heavy atom. The number of ether oxygens (including phenoxy) is 2. The molecule has 1 aliphatic rings. The quantitative estimate of drug-likeness (QED) is 0.823. The van der Waals surface area contributed by atoms with Crippen LogP contribution in [0.25, 0.3) is 0 Å². The van der Waals surface area contributed by atoms with Crippen molar-refractivity contribution < 1.29 is 14.6 Å². The molecule has 0 fully saturated rings. The van der Waals surface area contributed by atoms with Gasteiger partial charge in [-0.05, 0) is 32.4 Å². The van der Waals surface area contributed by atoms with Crippen LogP contribution in [0.3, 0.4) is 0 Å². The van der Waals surface area contributed by atoms with Crippen molar-refractivity contribution in [2.24, 2.45) is 0 Å². The molecule has 1 aromatic rings. The Morgan fingerprint density at radius 1 is 1.25 bits per heavy atom. The molecule has 1 aliphatic heterocycles. The summed E-state index contributed by atoms with van der Waals surface area (Å²) in [5, 5.41) is 10.5. The molecule has 0 bridgehead atoms. The molecule has 1 heterocycles. The summed E-state index contributed by atoms with van der Waals surface area (Å²) in [4.78, 5) is 0. The van der Waals surface area contributed by atoms with Gasteiger partial charge in [0.15, 0.2) is 11.5 Å². The highest BCUT2D eigenvalue weighted by atomic mass is 35.5. The zero-order chi connectivity index (χ0) is 11.9. The van der Waals surface area contributed by atoms with Crippen molar-refractivity contribution in [2.45, 2.75) is 26.4 Å². The van der Waals surface area contributed by atoms with Gasteiger partial charge in [-0.25, -0.2) is 0 Å². The minimum atomic E-state index is -0.941. The fourth-order valence-corrected chi connectivity index (χ4v) is 2.18. The predicted octanol–water partition coefficient (Wildman–Crippen LogP) is 2.65. The first-order valence-corrected chi connectivity index (χ1v) is 5.60. The van der Waals surface area contributed by atoms with Gasteiger partial charge in [0, 0.05) is 5.56 Å². The monoisotopic (exact) mass is 242 g/mol. The molecule has 0 aliphatic carbocycles. The Bertz CT molecular complexity index is 421. The third-order valence-electron chi connectivity index (χ3n) is 2.67. The minimum absolute atomic E-state index is 0.484. The van der Waals surface area contributed by atoms with E-state index in [4.69, 9.17) is 21.1 Å². The van der Waals surface area contributed by atoms with Crippen LogP contribution in [0.2, 0.25) is 5.02 Å². The molecule has 0 radical (unpaired) electrons. The topological polar surface area (TPSA) is 38.7 Å². The Labute approximate surface area is 99.9 Å². The van der Waals surface area contributed by atoms with E-state index >= 15 is 0 Å². The van der Waals surface area contributed by atoms with Crippen LogP contribution in [-0.2, 0) is 5.60 Å². The van der Waals surface area contributed by atoms with Gasteiger partial charge in [0.25, 0.3) is 0 Å². The zero-order valence-corrected chi connectivity index (χ0v) is 10.4. The smallest absolute Gasteiger partial charge is 0.180 e. The number of hydrogen-bond donors (Lipinski definition) is 1. The molecule has 2 rings (SSSR count). The standard InChI is InChI=1S/C12H15ClO3/c1-7-8(12(2,3)14)6-9(13)11-10(7)15-4-5-16-11/h6,14H,4-5H2,1-3H3. The molecule has 0 saturated carbocycles. The summed E-state index contributed by atoms with van der Waals surface area (Å²) >= 11 is 6.11. The fraction of sp³-hybridized carbons (Fsp3) is 0.500. The fourth-order valence-electron chi connectivity index (χ4n) is 1.93. The first-order chi connectivity index (χ1) is 7.41. The van der Waals surface area contributed by atoms with Crippen molar-refractivity contribution in [3.63, 3.8) is 0 Å². The van der Waals surface area contributed by atoms with Crippen molar-refractivity contribution in [1.82, 2.24) is 0 Å². The number of fused-ring (bicyclic) bond motifs is 1. The molecule has 0 atom stereocenters. The van der Waals surface area contributed by atoms with Crippen LogP contribution in [0.1, 0.15) is 25.0 Å². The van der Waals surface area contributed by atoms with Crippen LogP contribution in [0.15, 0.2) is 6.07 Å². The van der Waals surface area contributed by atoms with Crippen LogP contribution in [-0.4, -0.2) is 18.3 Å². The highest BCUT2D eigenvalue weighted by Gasteiger charge is 2.26. The van der Waals surface area contributed by atoms with Gasteiger partial charge in [0.1, 0.15) is 13.2 Å². The van der Waals surface area contributed by atoms with E-state index in [0.29, 0.717) is 29.7 Å². The van der Waals surface area contributed by atoms with Gasteiger partial charge in [0.2, 0.25) is 0 Å². The molecule has 1 aromatic carbocycles. The molecule has 0 spiro atoms. The lowest BCUT2D eigenvalue weighted by Crippen LogP contribution is -2.21. The molecule has 0 aromatic heterocycles. The number of aliphatic hydroxyl groups is 1. The minimum Gasteiger partial charge on any atom is -0.486 e. The first kappa shape index (κ1) is 11.6. The maximum Gasteiger partial charge on any atom is 0.180 e. The molecule has 4 heteroatoms. The number of halogens is 1. The molecule has 0 saturated heterocycles. The highest BCUT2D eigenvalue weighted by Crippen LogP contribution is 2.44. The molecule has 1 N–H and O–H groups in total. The second kappa shape index (κ2) is 3.82.